The van der Waals surface area contributed by atoms with Crippen molar-refractivity contribution in [2.75, 3.05) is 7.05 Å². The van der Waals surface area contributed by atoms with Crippen LogP contribution in [0.1, 0.15) is 70.5 Å². The predicted molar refractivity (Wildman–Crippen MR) is 132 cm³/mol. The average Bonchev–Trinajstić information content (AvgIpc) is 3.40. The molecule has 7 rings (SSSR count). The van der Waals surface area contributed by atoms with Crippen LogP contribution in [0, 0.1) is 5.82 Å². The summed E-state index contributed by atoms with van der Waals surface area (Å²) < 4.78 is 48.3. The maximum Gasteiger partial charge on any atom is 0.387 e. The van der Waals surface area contributed by atoms with Crippen molar-refractivity contribution in [1.82, 2.24) is 19.5 Å². The van der Waals surface area contributed by atoms with E-state index in [4.69, 9.17) is 15.6 Å². The second-order valence-electron chi connectivity index (χ2n) is 10.4. The molecule has 2 N–H and O–H groups in total. The largest absolute Gasteiger partial charge is 0.434 e. The molecule has 3 aromatic heterocycles. The molecule has 7 nitrogen and oxygen atoms in total. The fourth-order valence-corrected chi connectivity index (χ4v) is 6.30. The van der Waals surface area contributed by atoms with Crippen molar-refractivity contribution >= 4 is 11.4 Å². The van der Waals surface area contributed by atoms with Gasteiger partial charge in [0.2, 0.25) is 0 Å². The van der Waals surface area contributed by atoms with E-state index in [0.717, 1.165) is 28.8 Å². The summed E-state index contributed by atoms with van der Waals surface area (Å²) in [5.74, 6) is -1.09. The van der Waals surface area contributed by atoms with Crippen LogP contribution in [0.3, 0.4) is 0 Å². The Labute approximate surface area is 216 Å². The van der Waals surface area contributed by atoms with E-state index in [1.165, 1.54) is 12.1 Å². The van der Waals surface area contributed by atoms with Gasteiger partial charge in [-0.1, -0.05) is 6.07 Å². The minimum atomic E-state index is -3.03. The summed E-state index contributed by atoms with van der Waals surface area (Å²) in [7, 11) is 1.70. The van der Waals surface area contributed by atoms with Gasteiger partial charge in [0.15, 0.2) is 0 Å². The molecule has 0 spiro atoms. The van der Waals surface area contributed by atoms with Gasteiger partial charge in [0, 0.05) is 47.6 Å². The molecular weight excluding hydrogens is 495 g/mol. The zero-order chi connectivity index (χ0) is 26.3. The molecule has 10 heteroatoms. The zero-order valence-corrected chi connectivity index (χ0v) is 20.5. The third kappa shape index (κ3) is 3.22. The number of ether oxygens (including phenoxy) is 1. The Kier molecular flexibility index (Phi) is 4.91. The molecular formula is C28H24F3N5O2. The van der Waals surface area contributed by atoms with Gasteiger partial charge < -0.3 is 15.4 Å². The Balaban J connectivity index is 1.38. The number of alkyl halides is 2. The predicted octanol–water partition coefficient (Wildman–Crippen LogP) is 5.14. The summed E-state index contributed by atoms with van der Waals surface area (Å²) in [6, 6.07) is 9.53. The highest BCUT2D eigenvalue weighted by Crippen LogP contribution is 2.53. The molecule has 3 aliphatic rings. The monoisotopic (exact) mass is 519 g/mol. The number of pyridine rings is 2. The molecule has 2 unspecified atom stereocenters. The Bertz CT molecular complexity index is 1630. The highest BCUT2D eigenvalue weighted by molar-refractivity contribution is 5.98. The van der Waals surface area contributed by atoms with Gasteiger partial charge in [-0.05, 0) is 61.6 Å². The highest BCUT2D eigenvalue weighted by atomic mass is 19.3. The smallest absolute Gasteiger partial charge is 0.387 e. The first kappa shape index (κ1) is 23.2. The number of carbonyl (C=O) groups is 1. The molecule has 1 amide bonds. The van der Waals surface area contributed by atoms with Crippen LogP contribution >= 0.6 is 0 Å². The first-order chi connectivity index (χ1) is 18.2. The number of hydrogen-bond acceptors (Lipinski definition) is 5. The van der Waals surface area contributed by atoms with Crippen LogP contribution in [-0.2, 0) is 5.54 Å². The summed E-state index contributed by atoms with van der Waals surface area (Å²) in [4.78, 5) is 19.3. The Morgan fingerprint density at radius 3 is 2.68 bits per heavy atom. The molecule has 38 heavy (non-hydrogen) atoms. The minimum absolute atomic E-state index is 0.0122. The summed E-state index contributed by atoms with van der Waals surface area (Å²) in [5, 5.41) is 4.77. The fourth-order valence-electron chi connectivity index (χ4n) is 6.30. The van der Waals surface area contributed by atoms with E-state index in [0.29, 0.717) is 41.6 Å². The number of benzene rings is 1. The van der Waals surface area contributed by atoms with Crippen molar-refractivity contribution in [2.45, 2.75) is 49.8 Å². The van der Waals surface area contributed by atoms with Crippen LogP contribution in [0.5, 0.6) is 5.75 Å². The van der Waals surface area contributed by atoms with Crippen molar-refractivity contribution in [2.24, 2.45) is 5.73 Å². The van der Waals surface area contributed by atoms with Crippen LogP contribution in [-0.4, -0.2) is 39.1 Å². The number of nitrogens with zero attached hydrogens (tertiary/aromatic N) is 4. The number of aromatic nitrogens is 3. The third-order valence-corrected chi connectivity index (χ3v) is 8.37. The van der Waals surface area contributed by atoms with E-state index in [1.807, 2.05) is 12.1 Å². The summed E-state index contributed by atoms with van der Waals surface area (Å²) in [6.45, 7) is -3.03. The summed E-state index contributed by atoms with van der Waals surface area (Å²) in [6.07, 6.45) is 6.29. The van der Waals surface area contributed by atoms with Crippen LogP contribution in [0.15, 0.2) is 48.8 Å². The standard InChI is InChI=1S/C28H24F3N5O2/c1-35-20-12-17(22-16(26(35)37)4-2-5-21(22)38-27(30)31)23-19-11-14(6-9-36(19)34-24(20)23)15-10-18(29)25(33-13-15)28(32)7-3-8-28/h2,4-6,9-11,13,17,20,27H,3,7-8,12,32H2,1H3. The molecule has 194 valence electrons. The molecule has 1 saturated carbocycles. The molecule has 2 bridgehead atoms. The maximum absolute atomic E-state index is 15.1. The van der Waals surface area contributed by atoms with Crippen LogP contribution in [0.25, 0.3) is 16.6 Å². The molecule has 4 heterocycles. The van der Waals surface area contributed by atoms with E-state index in [2.05, 4.69) is 4.98 Å². The number of fused-ring (bicyclic) bond motifs is 9. The lowest BCUT2D eigenvalue weighted by molar-refractivity contribution is -0.0505. The topological polar surface area (TPSA) is 85.8 Å². The van der Waals surface area contributed by atoms with Crippen molar-refractivity contribution in [1.29, 1.82) is 0 Å². The van der Waals surface area contributed by atoms with Gasteiger partial charge in [-0.25, -0.2) is 8.91 Å². The van der Waals surface area contributed by atoms with E-state index >= 15 is 4.39 Å². The molecule has 1 fully saturated rings. The summed E-state index contributed by atoms with van der Waals surface area (Å²) in [5.41, 5.74) is 10.3. The van der Waals surface area contributed by atoms with Crippen molar-refractivity contribution in [3.63, 3.8) is 0 Å². The van der Waals surface area contributed by atoms with Crippen LogP contribution in [0.2, 0.25) is 0 Å². The number of hydrogen-bond donors (Lipinski definition) is 1. The van der Waals surface area contributed by atoms with Gasteiger partial charge in [-0.2, -0.15) is 13.9 Å². The van der Waals surface area contributed by atoms with Crippen LogP contribution < -0.4 is 10.5 Å². The highest BCUT2D eigenvalue weighted by Gasteiger charge is 2.46. The first-order valence-corrected chi connectivity index (χ1v) is 12.6. The van der Waals surface area contributed by atoms with Crippen LogP contribution in [0.4, 0.5) is 13.2 Å². The number of nitrogens with two attached hydrogens (primary N) is 1. The lowest BCUT2D eigenvalue weighted by Gasteiger charge is -2.37. The van der Waals surface area contributed by atoms with Gasteiger partial charge >= 0.3 is 6.61 Å². The Morgan fingerprint density at radius 1 is 1.16 bits per heavy atom. The van der Waals surface area contributed by atoms with Gasteiger partial charge in [0.05, 0.1) is 28.5 Å². The van der Waals surface area contributed by atoms with Gasteiger partial charge in [0.1, 0.15) is 11.6 Å². The van der Waals surface area contributed by atoms with Crippen molar-refractivity contribution in [3.8, 4) is 16.9 Å². The molecule has 0 radical (unpaired) electrons. The van der Waals surface area contributed by atoms with Crippen molar-refractivity contribution < 1.29 is 22.7 Å². The molecule has 2 atom stereocenters. The molecule has 4 aromatic rings. The quantitative estimate of drug-likeness (QED) is 0.404. The zero-order valence-electron chi connectivity index (χ0n) is 20.5. The summed E-state index contributed by atoms with van der Waals surface area (Å²) >= 11 is 0. The number of halogens is 3. The minimum Gasteiger partial charge on any atom is -0.434 e. The number of amides is 1. The lowest BCUT2D eigenvalue weighted by atomic mass is 9.75. The number of rotatable bonds is 4. The third-order valence-electron chi connectivity index (χ3n) is 8.37. The molecule has 2 aliphatic carbocycles. The van der Waals surface area contributed by atoms with Gasteiger partial charge in [-0.15, -0.1) is 0 Å². The SMILES string of the molecule is CN1C(=O)c2cccc(OC(F)F)c2C2CC1c1nn3ccc(-c4cnc(C5(N)CCC5)c(F)c4)cc3c12. The second-order valence-corrected chi connectivity index (χ2v) is 10.4. The average molecular weight is 520 g/mol. The van der Waals surface area contributed by atoms with E-state index < -0.39 is 18.0 Å². The molecule has 1 aromatic carbocycles. The second kappa shape index (κ2) is 8.04. The maximum atomic E-state index is 15.1. The van der Waals surface area contributed by atoms with Gasteiger partial charge in [-0.3, -0.25) is 9.78 Å². The molecule has 0 saturated heterocycles. The van der Waals surface area contributed by atoms with E-state index in [-0.39, 0.29) is 23.6 Å². The fraction of sp³-hybridized carbons (Fsp3) is 0.321. The Morgan fingerprint density at radius 2 is 1.97 bits per heavy atom. The van der Waals surface area contributed by atoms with E-state index in [9.17, 15) is 13.6 Å². The normalized spacial score (nSPS) is 21.3. The molecule has 1 aliphatic heterocycles. The van der Waals surface area contributed by atoms with Crippen molar-refractivity contribution in [3.05, 3.63) is 82.7 Å². The first-order valence-electron chi connectivity index (χ1n) is 12.6. The lowest BCUT2D eigenvalue weighted by Crippen LogP contribution is -2.44. The van der Waals surface area contributed by atoms with Gasteiger partial charge in [0.25, 0.3) is 5.91 Å². The number of carbonyl (C=O) groups excluding carboxylic acids is 1. The Hall–Kier alpha value is -3.92. The van der Waals surface area contributed by atoms with E-state index in [1.54, 1.807) is 41.0 Å².